The number of Topliss-reactive ketones (excluding diaryl/α,β-unsaturated/α-hetero) is 1. The van der Waals surface area contributed by atoms with E-state index in [1.807, 2.05) is 18.0 Å². The van der Waals surface area contributed by atoms with Crippen molar-refractivity contribution in [1.29, 1.82) is 5.26 Å². The summed E-state index contributed by atoms with van der Waals surface area (Å²) in [5, 5.41) is 8.43. The van der Waals surface area contributed by atoms with E-state index < -0.39 is 0 Å². The zero-order chi connectivity index (χ0) is 13.5. The molecule has 18 heavy (non-hydrogen) atoms. The molecule has 0 aliphatic heterocycles. The van der Waals surface area contributed by atoms with E-state index in [1.165, 1.54) is 16.7 Å². The van der Waals surface area contributed by atoms with Crippen LogP contribution in [0.1, 0.15) is 23.1 Å². The van der Waals surface area contributed by atoms with Gasteiger partial charge >= 0.3 is 0 Å². The summed E-state index contributed by atoms with van der Waals surface area (Å²) in [5.74, 6) is -0.0133. The molecule has 0 atom stereocenters. The Labute approximate surface area is 109 Å². The maximum Gasteiger partial charge on any atom is 0.160 e. The molecule has 0 bridgehead atoms. The molecule has 3 heteroatoms. The van der Waals surface area contributed by atoms with E-state index in [4.69, 9.17) is 5.26 Å². The number of carbonyl (C=O) groups is 1. The molecule has 0 saturated carbocycles. The van der Waals surface area contributed by atoms with Gasteiger partial charge in [-0.1, -0.05) is 23.8 Å². The molecular formula is C15H20N2O. The molecule has 1 aromatic rings. The first-order valence-corrected chi connectivity index (χ1v) is 6.16. The Morgan fingerprint density at radius 2 is 2.11 bits per heavy atom. The zero-order valence-electron chi connectivity index (χ0n) is 11.4. The number of hydrogen-bond acceptors (Lipinski definition) is 3. The van der Waals surface area contributed by atoms with Gasteiger partial charge in [-0.25, -0.2) is 0 Å². The van der Waals surface area contributed by atoms with Crippen LogP contribution in [0, 0.1) is 25.2 Å². The number of rotatable bonds is 6. The number of nitriles is 1. The molecule has 1 rings (SSSR count). The maximum absolute atomic E-state index is 11.3. The highest BCUT2D eigenvalue weighted by Gasteiger charge is 2.07. The van der Waals surface area contributed by atoms with Gasteiger partial charge in [-0.3, -0.25) is 9.69 Å². The normalized spacial score (nSPS) is 10.4. The van der Waals surface area contributed by atoms with Crippen LogP contribution in [0.2, 0.25) is 0 Å². The van der Waals surface area contributed by atoms with Crippen LogP contribution in [0.15, 0.2) is 18.2 Å². The number of likely N-dealkylation sites (N-methyl/N-ethyl adjacent to an activating group) is 1. The Hall–Kier alpha value is -1.66. The average Bonchev–Trinajstić information content (AvgIpc) is 2.28. The van der Waals surface area contributed by atoms with Gasteiger partial charge in [0.05, 0.1) is 19.0 Å². The summed E-state index contributed by atoms with van der Waals surface area (Å²) in [4.78, 5) is 13.3. The van der Waals surface area contributed by atoms with Crippen molar-refractivity contribution in [2.24, 2.45) is 0 Å². The van der Waals surface area contributed by atoms with Crippen LogP contribution in [-0.4, -0.2) is 30.8 Å². The van der Waals surface area contributed by atoms with Crippen molar-refractivity contribution in [1.82, 2.24) is 4.90 Å². The fourth-order valence-electron chi connectivity index (χ4n) is 1.96. The lowest BCUT2D eigenvalue weighted by molar-refractivity contribution is -0.118. The van der Waals surface area contributed by atoms with Crippen molar-refractivity contribution in [2.45, 2.75) is 26.7 Å². The summed E-state index contributed by atoms with van der Waals surface area (Å²) in [6, 6.07) is 8.33. The minimum atomic E-state index is -0.0133. The minimum absolute atomic E-state index is 0.00784. The topological polar surface area (TPSA) is 44.1 Å². The summed E-state index contributed by atoms with van der Waals surface area (Å²) in [6.45, 7) is 5.40. The average molecular weight is 244 g/mol. The monoisotopic (exact) mass is 244 g/mol. The molecule has 96 valence electrons. The molecule has 0 amide bonds. The number of nitrogens with zero attached hydrogens (tertiary/aromatic N) is 2. The van der Waals surface area contributed by atoms with Crippen molar-refractivity contribution >= 4 is 5.78 Å². The van der Waals surface area contributed by atoms with Crippen LogP contribution in [0.3, 0.4) is 0 Å². The zero-order valence-corrected chi connectivity index (χ0v) is 11.4. The molecule has 1 aromatic carbocycles. The van der Waals surface area contributed by atoms with Gasteiger partial charge in [0.2, 0.25) is 0 Å². The van der Waals surface area contributed by atoms with Gasteiger partial charge in [0.15, 0.2) is 5.78 Å². The highest BCUT2D eigenvalue weighted by atomic mass is 16.1. The third-order valence-corrected chi connectivity index (χ3v) is 2.98. The molecule has 0 saturated heterocycles. The largest absolute Gasteiger partial charge is 0.299 e. The summed E-state index contributed by atoms with van der Waals surface area (Å²) in [6.07, 6.45) is 0.941. The molecule has 0 radical (unpaired) electrons. The smallest absolute Gasteiger partial charge is 0.160 e. The number of ketones is 1. The van der Waals surface area contributed by atoms with E-state index in [9.17, 15) is 4.79 Å². The van der Waals surface area contributed by atoms with Crippen molar-refractivity contribution in [3.05, 3.63) is 34.9 Å². The number of hydrogen-bond donors (Lipinski definition) is 0. The first-order chi connectivity index (χ1) is 8.52. The summed E-state index contributed by atoms with van der Waals surface area (Å²) < 4.78 is 0. The highest BCUT2D eigenvalue weighted by molar-refractivity contribution is 5.82. The van der Waals surface area contributed by atoms with Gasteiger partial charge in [-0.2, -0.15) is 5.26 Å². The van der Waals surface area contributed by atoms with Crippen molar-refractivity contribution in [2.75, 3.05) is 20.1 Å². The van der Waals surface area contributed by atoms with Crippen LogP contribution < -0.4 is 0 Å². The van der Waals surface area contributed by atoms with Crippen LogP contribution >= 0.6 is 0 Å². The first-order valence-electron chi connectivity index (χ1n) is 6.16. The predicted molar refractivity (Wildman–Crippen MR) is 72.4 cm³/mol. The van der Waals surface area contributed by atoms with E-state index in [0.717, 1.165) is 13.0 Å². The van der Waals surface area contributed by atoms with Crippen molar-refractivity contribution < 1.29 is 4.79 Å². The van der Waals surface area contributed by atoms with Crippen LogP contribution in [0.5, 0.6) is 0 Å². The Kier molecular flexibility index (Phi) is 5.54. The maximum atomic E-state index is 11.3. The third-order valence-electron chi connectivity index (χ3n) is 2.98. The van der Waals surface area contributed by atoms with E-state index in [-0.39, 0.29) is 12.2 Å². The summed E-state index contributed by atoms with van der Waals surface area (Å²) >= 11 is 0. The highest BCUT2D eigenvalue weighted by Crippen LogP contribution is 2.11. The van der Waals surface area contributed by atoms with Crippen molar-refractivity contribution in [3.8, 4) is 6.07 Å². The minimum Gasteiger partial charge on any atom is -0.299 e. The second kappa shape index (κ2) is 6.93. The standard InChI is InChI=1S/C15H20N2O/c1-12-4-5-14(13(2)10-12)7-9-17(3)11-15(18)6-8-16/h4-5,10H,6-7,9,11H2,1-3H3. The molecule has 0 aliphatic rings. The first kappa shape index (κ1) is 14.4. The molecule has 0 N–H and O–H groups in total. The Bertz CT molecular complexity index is 460. The Morgan fingerprint density at radius 1 is 1.39 bits per heavy atom. The SMILES string of the molecule is Cc1ccc(CCN(C)CC(=O)CC#N)c(C)c1. The Balaban J connectivity index is 2.45. The Morgan fingerprint density at radius 3 is 2.72 bits per heavy atom. The second-order valence-corrected chi connectivity index (χ2v) is 4.79. The molecular weight excluding hydrogens is 224 g/mol. The van der Waals surface area contributed by atoms with Crippen LogP contribution in [0.25, 0.3) is 0 Å². The quantitative estimate of drug-likeness (QED) is 0.771. The van der Waals surface area contributed by atoms with E-state index in [1.54, 1.807) is 0 Å². The molecule has 0 spiro atoms. The van der Waals surface area contributed by atoms with Crippen molar-refractivity contribution in [3.63, 3.8) is 0 Å². The molecule has 3 nitrogen and oxygen atoms in total. The third kappa shape index (κ3) is 4.68. The van der Waals surface area contributed by atoms with E-state index in [2.05, 4.69) is 32.0 Å². The van der Waals surface area contributed by atoms with Gasteiger partial charge in [0, 0.05) is 6.54 Å². The van der Waals surface area contributed by atoms with Gasteiger partial charge in [-0.05, 0) is 38.4 Å². The fraction of sp³-hybridized carbons (Fsp3) is 0.467. The lowest BCUT2D eigenvalue weighted by Crippen LogP contribution is -2.27. The molecule has 0 fully saturated rings. The lowest BCUT2D eigenvalue weighted by Gasteiger charge is -2.16. The molecule has 0 heterocycles. The summed E-state index contributed by atoms with van der Waals surface area (Å²) in [5.41, 5.74) is 3.89. The van der Waals surface area contributed by atoms with Gasteiger partial charge in [-0.15, -0.1) is 0 Å². The number of aryl methyl sites for hydroxylation is 2. The molecule has 0 unspecified atom stereocenters. The number of carbonyl (C=O) groups excluding carboxylic acids is 1. The fourth-order valence-corrected chi connectivity index (χ4v) is 1.96. The summed E-state index contributed by atoms with van der Waals surface area (Å²) in [7, 11) is 1.92. The number of benzene rings is 1. The van der Waals surface area contributed by atoms with E-state index >= 15 is 0 Å². The van der Waals surface area contributed by atoms with Gasteiger partial charge in [0.25, 0.3) is 0 Å². The predicted octanol–water partition coefficient (Wildman–Crippen LogP) is 2.26. The van der Waals surface area contributed by atoms with Crippen LogP contribution in [0.4, 0.5) is 0 Å². The molecule has 0 aliphatic carbocycles. The van der Waals surface area contributed by atoms with E-state index in [0.29, 0.717) is 6.54 Å². The van der Waals surface area contributed by atoms with Crippen LogP contribution in [-0.2, 0) is 11.2 Å². The van der Waals surface area contributed by atoms with Gasteiger partial charge in [0.1, 0.15) is 0 Å². The lowest BCUT2D eigenvalue weighted by atomic mass is 10.0. The van der Waals surface area contributed by atoms with Gasteiger partial charge < -0.3 is 0 Å². The second-order valence-electron chi connectivity index (χ2n) is 4.79. The molecule has 0 aromatic heterocycles.